The number of amidine groups is 1. The van der Waals surface area contributed by atoms with E-state index in [9.17, 15) is 14.4 Å². The van der Waals surface area contributed by atoms with Crippen LogP contribution in [0.2, 0.25) is 18.1 Å². The Morgan fingerprint density at radius 1 is 0.649 bits per heavy atom. The number of hydrogen-bond acceptors (Lipinski definition) is 15. The summed E-state index contributed by atoms with van der Waals surface area (Å²) in [5.74, 6) is 0.763. The van der Waals surface area contributed by atoms with Gasteiger partial charge in [-0.15, -0.1) is 26.6 Å². The third kappa shape index (κ3) is 17.3. The molecule has 0 saturated heterocycles. The highest BCUT2D eigenvalue weighted by atomic mass is 32.1. The largest absolute Gasteiger partial charge is 0.541 e. The van der Waals surface area contributed by atoms with Crippen LogP contribution in [0.1, 0.15) is 74.1 Å². The number of nitrogens with zero attached hydrogens (tertiary/aromatic N) is 6. The Kier molecular flexibility index (Phi) is 20.8. The van der Waals surface area contributed by atoms with Crippen LogP contribution in [0.5, 0.6) is 17.2 Å². The molecule has 0 N–H and O–H groups in total. The smallest absolute Gasteiger partial charge is 0.514 e. The first-order valence-corrected chi connectivity index (χ1v) is 27.5. The van der Waals surface area contributed by atoms with Crippen molar-refractivity contribution in [1.82, 2.24) is 4.98 Å². The molecule has 0 saturated carbocycles. The Balaban J connectivity index is 0.000000206. The topological polar surface area (TPSA) is 173 Å². The van der Waals surface area contributed by atoms with E-state index in [1.807, 2.05) is 102 Å². The van der Waals surface area contributed by atoms with Crippen molar-refractivity contribution in [3.05, 3.63) is 155 Å². The van der Waals surface area contributed by atoms with Gasteiger partial charge >= 0.3 is 24.1 Å². The minimum Gasteiger partial charge on any atom is -0.541 e. The molecule has 0 fully saturated rings. The van der Waals surface area contributed by atoms with Gasteiger partial charge in [0.1, 0.15) is 22.6 Å². The van der Waals surface area contributed by atoms with Crippen LogP contribution in [-0.2, 0) is 19.0 Å². The van der Waals surface area contributed by atoms with Crippen LogP contribution in [0.4, 0.5) is 32.5 Å². The second-order valence-electron chi connectivity index (χ2n) is 18.1. The Morgan fingerprint density at radius 3 is 1.73 bits per heavy atom. The molecule has 0 aliphatic heterocycles. The fourth-order valence-electron chi connectivity index (χ4n) is 6.86. The minimum atomic E-state index is -1.86. The van der Waals surface area contributed by atoms with Gasteiger partial charge in [0.2, 0.25) is 0 Å². The molecule has 0 atom stereocenters. The molecule has 0 amide bonds. The Hall–Kier alpha value is -8.07. The maximum absolute atomic E-state index is 12.1. The van der Waals surface area contributed by atoms with E-state index in [1.165, 1.54) is 0 Å². The maximum atomic E-state index is 12.1. The first-order chi connectivity index (χ1) is 35.4. The highest BCUT2D eigenvalue weighted by molar-refractivity contribution is 7.11. The lowest BCUT2D eigenvalue weighted by Gasteiger charge is -2.28. The fourth-order valence-corrected chi connectivity index (χ4v) is 10.0. The van der Waals surface area contributed by atoms with Gasteiger partial charge in [0.25, 0.3) is 8.32 Å². The van der Waals surface area contributed by atoms with Crippen molar-refractivity contribution in [3.8, 4) is 17.2 Å². The third-order valence-electron chi connectivity index (χ3n) is 10.6. The Labute approximate surface area is 437 Å². The van der Waals surface area contributed by atoms with Gasteiger partial charge in [0.05, 0.1) is 6.61 Å². The minimum absolute atomic E-state index is 0.211. The summed E-state index contributed by atoms with van der Waals surface area (Å²) < 4.78 is 32.5. The summed E-state index contributed by atoms with van der Waals surface area (Å²) in [6, 6.07) is 42.3. The summed E-state index contributed by atoms with van der Waals surface area (Å²) in [5, 5.41) is 14.1. The normalized spacial score (nSPS) is 11.7. The predicted octanol–water partition coefficient (Wildman–Crippen LogP) is 16.5. The van der Waals surface area contributed by atoms with Gasteiger partial charge in [-0.25, -0.2) is 14.6 Å². The van der Waals surface area contributed by atoms with E-state index in [0.717, 1.165) is 44.6 Å². The highest BCUT2D eigenvalue weighted by Gasteiger charge is 2.32. The number of azo groups is 1. The summed E-state index contributed by atoms with van der Waals surface area (Å²) in [7, 11) is -1.86. The molecule has 15 nitrogen and oxygen atoms in total. The van der Waals surface area contributed by atoms with Gasteiger partial charge in [-0.3, -0.25) is 9.79 Å². The average molecular weight is 1040 g/mol. The predicted molar refractivity (Wildman–Crippen MR) is 296 cm³/mol. The summed E-state index contributed by atoms with van der Waals surface area (Å²) in [6.45, 7) is 26.2. The SMILES string of the molecule is CC(C)(C)OC(=O)Oc1ccc2ccccc2c1N=Cc1cccs1.CC(C)(C)OC(=O)Oc1ccc2ccccc2c1N=Nc1ccccn1.[C-]#[N+]C(=Nc1ccccc1O[Si](CC)(CC)CC)C(=O)OCC. The quantitative estimate of drug-likeness (QED) is 0.0158. The summed E-state index contributed by atoms with van der Waals surface area (Å²) in [4.78, 5) is 52.9. The first-order valence-electron chi connectivity index (χ1n) is 24.1. The molecule has 2 aromatic heterocycles. The van der Waals surface area contributed by atoms with E-state index in [2.05, 4.69) is 50.8 Å². The zero-order valence-electron chi connectivity index (χ0n) is 43.5. The van der Waals surface area contributed by atoms with Crippen molar-refractivity contribution in [2.24, 2.45) is 20.2 Å². The molecular formula is C57H62N6O9SSi. The summed E-state index contributed by atoms with van der Waals surface area (Å²) >= 11 is 1.59. The monoisotopic (exact) mass is 1030 g/mol. The number of ether oxygens (including phenoxy) is 5. The number of pyridine rings is 1. The number of esters is 1. The number of para-hydroxylation sites is 2. The van der Waals surface area contributed by atoms with Crippen LogP contribution < -0.4 is 13.9 Å². The van der Waals surface area contributed by atoms with E-state index in [-0.39, 0.29) is 18.2 Å². The number of aromatic nitrogens is 1. The molecule has 74 heavy (non-hydrogen) atoms. The first kappa shape index (κ1) is 56.8. The highest BCUT2D eigenvalue weighted by Crippen LogP contribution is 2.39. The number of rotatable bonds is 13. The number of thiophene rings is 1. The van der Waals surface area contributed by atoms with Gasteiger partial charge < -0.3 is 33.0 Å². The van der Waals surface area contributed by atoms with Crippen molar-refractivity contribution < 1.29 is 42.5 Å². The number of aliphatic imine (C=N–C) groups is 2. The lowest BCUT2D eigenvalue weighted by Crippen LogP contribution is -2.39. The molecule has 5 aromatic carbocycles. The maximum Gasteiger partial charge on any atom is 0.514 e. The molecule has 7 aromatic rings. The van der Waals surface area contributed by atoms with E-state index < -0.39 is 37.8 Å². The second-order valence-corrected chi connectivity index (χ2v) is 23.8. The number of benzene rings is 5. The standard InChI is InChI=1S/C20H19N3O3.C20H19NO3S.C17H24N2O3Si/c1-20(2,3)26-19(24)25-16-12-11-14-8-4-5-9-15(14)18(16)23-22-17-10-6-7-13-21-17;1-20(2,3)24-19(22)23-17-11-10-14-7-4-5-9-16(14)18(17)21-13-15-8-6-12-25-15;1-6-21-17(20)16(18-5)19-14-12-10-11-13-15(14)22-23(7-2,8-3)9-4/h4-13H,1-3H3;4-13H,1-3H3;10-13H,6-9H2,1-4H3. The number of hydrogen-bond donors (Lipinski definition) is 0. The fraction of sp³-hybridized carbons (Fsp3) is 0.281. The van der Waals surface area contributed by atoms with Gasteiger partial charge in [-0.1, -0.05) is 112 Å². The molecule has 0 aliphatic rings. The molecule has 7 rings (SSSR count). The van der Waals surface area contributed by atoms with Crippen LogP contribution in [-0.4, -0.2) is 61.4 Å². The van der Waals surface area contributed by atoms with E-state index in [1.54, 1.807) is 103 Å². The summed E-state index contributed by atoms with van der Waals surface area (Å²) in [6.07, 6.45) is 1.88. The van der Waals surface area contributed by atoms with Crippen molar-refractivity contribution >= 4 is 94.4 Å². The van der Waals surface area contributed by atoms with Gasteiger partial charge in [-0.05, 0) is 125 Å². The second kappa shape index (κ2) is 27.1. The Morgan fingerprint density at radius 2 is 1.20 bits per heavy atom. The third-order valence-corrected chi connectivity index (χ3v) is 15.9. The molecule has 0 bridgehead atoms. The number of carbonyl (C=O) groups is 3. The van der Waals surface area contributed by atoms with Crippen molar-refractivity contribution in [2.45, 2.75) is 98.6 Å². The molecule has 0 radical (unpaired) electrons. The van der Waals surface area contributed by atoms with E-state index in [4.69, 9.17) is 34.7 Å². The molecule has 0 spiro atoms. The molecule has 384 valence electrons. The van der Waals surface area contributed by atoms with Gasteiger partial charge in [-0.2, -0.15) is 0 Å². The van der Waals surface area contributed by atoms with Crippen LogP contribution >= 0.6 is 11.3 Å². The van der Waals surface area contributed by atoms with E-state index >= 15 is 0 Å². The van der Waals surface area contributed by atoms with Crippen molar-refractivity contribution in [1.29, 1.82) is 0 Å². The molecule has 0 aliphatic carbocycles. The van der Waals surface area contributed by atoms with Crippen LogP contribution in [0.15, 0.2) is 159 Å². The van der Waals surface area contributed by atoms with Crippen molar-refractivity contribution in [3.63, 3.8) is 0 Å². The van der Waals surface area contributed by atoms with Crippen molar-refractivity contribution in [2.75, 3.05) is 6.61 Å². The lowest BCUT2D eigenvalue weighted by atomic mass is 10.1. The zero-order valence-corrected chi connectivity index (χ0v) is 45.3. The molecule has 0 unspecified atom stereocenters. The number of carbonyl (C=O) groups excluding carboxylic acids is 3. The zero-order chi connectivity index (χ0) is 53.7. The Bertz CT molecular complexity index is 3110. The molecule has 2 heterocycles. The van der Waals surface area contributed by atoms with Crippen LogP contribution in [0.25, 0.3) is 26.4 Å². The lowest BCUT2D eigenvalue weighted by molar-refractivity contribution is -0.134. The van der Waals surface area contributed by atoms with Crippen LogP contribution in [0.3, 0.4) is 0 Å². The van der Waals surface area contributed by atoms with Gasteiger partial charge in [0.15, 0.2) is 28.8 Å². The van der Waals surface area contributed by atoms with Crippen LogP contribution in [0, 0.1) is 6.57 Å². The average Bonchev–Trinajstić information content (AvgIpc) is 3.90. The van der Waals surface area contributed by atoms with E-state index in [0.29, 0.717) is 34.4 Å². The molecular weight excluding hydrogens is 973 g/mol. The van der Waals surface area contributed by atoms with Gasteiger partial charge in [0, 0.05) is 28.1 Å². The summed E-state index contributed by atoms with van der Waals surface area (Å²) in [5.41, 5.74) is 0.286. The number of fused-ring (bicyclic) bond motifs is 2. The molecule has 17 heteroatoms.